The van der Waals surface area contributed by atoms with E-state index in [0.29, 0.717) is 6.54 Å². The molecule has 1 saturated heterocycles. The quantitative estimate of drug-likeness (QED) is 0.821. The molecule has 18 heavy (non-hydrogen) atoms. The van der Waals surface area contributed by atoms with Crippen molar-refractivity contribution in [2.75, 3.05) is 0 Å². The number of hydrogen-bond donors (Lipinski definition) is 1. The molecular formula is C14H13NO3. The van der Waals surface area contributed by atoms with Crippen molar-refractivity contribution in [2.45, 2.75) is 19.0 Å². The number of hydrogen-bond acceptors (Lipinski definition) is 2. The molecule has 2 bridgehead atoms. The van der Waals surface area contributed by atoms with Gasteiger partial charge in [-0.05, 0) is 24.1 Å². The van der Waals surface area contributed by atoms with Gasteiger partial charge in [0, 0.05) is 6.54 Å². The molecular weight excluding hydrogens is 230 g/mol. The third-order valence-corrected chi connectivity index (χ3v) is 3.62. The van der Waals surface area contributed by atoms with Crippen LogP contribution in [0.1, 0.15) is 22.3 Å². The largest absolute Gasteiger partial charge is 0.478 e. The van der Waals surface area contributed by atoms with Crippen molar-refractivity contribution < 1.29 is 14.7 Å². The molecule has 1 heterocycles. The van der Waals surface area contributed by atoms with Gasteiger partial charge in [-0.2, -0.15) is 0 Å². The molecule has 1 fully saturated rings. The van der Waals surface area contributed by atoms with E-state index < -0.39 is 5.97 Å². The van der Waals surface area contributed by atoms with Crippen molar-refractivity contribution in [3.8, 4) is 0 Å². The lowest BCUT2D eigenvalue weighted by atomic mass is 10.1. The number of carboxylic acid groups (broad SMARTS) is 1. The number of carboxylic acids is 1. The van der Waals surface area contributed by atoms with Crippen molar-refractivity contribution in [1.82, 2.24) is 4.90 Å². The van der Waals surface area contributed by atoms with Crippen LogP contribution in [0, 0.1) is 5.92 Å². The second-order valence-electron chi connectivity index (χ2n) is 4.76. The lowest BCUT2D eigenvalue weighted by Gasteiger charge is -2.24. The molecule has 2 unspecified atom stereocenters. The summed E-state index contributed by atoms with van der Waals surface area (Å²) in [6, 6.07) is 6.92. The number of carbonyl (C=O) groups excluding carboxylic acids is 1. The van der Waals surface area contributed by atoms with Gasteiger partial charge < -0.3 is 10.0 Å². The summed E-state index contributed by atoms with van der Waals surface area (Å²) in [5, 5.41) is 8.81. The first-order valence-electron chi connectivity index (χ1n) is 5.96. The fourth-order valence-electron chi connectivity index (χ4n) is 2.61. The molecule has 2 atom stereocenters. The molecule has 1 aromatic rings. The molecule has 1 amide bonds. The zero-order valence-corrected chi connectivity index (χ0v) is 9.74. The van der Waals surface area contributed by atoms with E-state index in [-0.39, 0.29) is 23.4 Å². The van der Waals surface area contributed by atoms with E-state index in [4.69, 9.17) is 5.11 Å². The molecule has 4 heteroatoms. The molecule has 2 aliphatic rings. The van der Waals surface area contributed by atoms with Gasteiger partial charge in [-0.15, -0.1) is 0 Å². The Morgan fingerprint density at radius 1 is 1.28 bits per heavy atom. The summed E-state index contributed by atoms with van der Waals surface area (Å²) in [6.45, 7) is 0.560. The first-order chi connectivity index (χ1) is 8.65. The van der Waals surface area contributed by atoms with Crippen LogP contribution in [-0.4, -0.2) is 27.9 Å². The highest BCUT2D eigenvalue weighted by Gasteiger charge is 2.40. The molecule has 1 N–H and O–H groups in total. The van der Waals surface area contributed by atoms with E-state index in [9.17, 15) is 9.59 Å². The number of nitrogens with zero attached hydrogens (tertiary/aromatic N) is 1. The molecule has 4 nitrogen and oxygen atoms in total. The van der Waals surface area contributed by atoms with Crippen LogP contribution < -0.4 is 0 Å². The Morgan fingerprint density at radius 3 is 2.56 bits per heavy atom. The molecule has 0 saturated carbocycles. The summed E-state index contributed by atoms with van der Waals surface area (Å²) >= 11 is 0. The van der Waals surface area contributed by atoms with Gasteiger partial charge in [0.2, 0.25) is 5.91 Å². The summed E-state index contributed by atoms with van der Waals surface area (Å²) < 4.78 is 0. The van der Waals surface area contributed by atoms with Crippen molar-refractivity contribution in [3.63, 3.8) is 0 Å². The van der Waals surface area contributed by atoms with E-state index >= 15 is 0 Å². The highest BCUT2D eigenvalue weighted by Crippen LogP contribution is 2.33. The van der Waals surface area contributed by atoms with Gasteiger partial charge in [-0.3, -0.25) is 4.79 Å². The molecule has 0 aromatic heterocycles. The molecule has 0 spiro atoms. The summed E-state index contributed by atoms with van der Waals surface area (Å²) in [6.07, 6.45) is 4.96. The SMILES string of the molecule is O=C(O)c1ccc(CN2C(=O)C3C=CC2C3)cc1. The standard InChI is InChI=1S/C14H13NO3/c16-13-11-5-6-12(7-11)15(13)8-9-1-3-10(4-2-9)14(17)18/h1-6,11-12H,7-8H2,(H,17,18). The van der Waals surface area contributed by atoms with Crippen LogP contribution in [0.5, 0.6) is 0 Å². The molecule has 1 aliphatic carbocycles. The summed E-state index contributed by atoms with van der Waals surface area (Å²) in [5.41, 5.74) is 1.24. The van der Waals surface area contributed by atoms with Crippen LogP contribution in [-0.2, 0) is 11.3 Å². The normalized spacial score (nSPS) is 24.9. The lowest BCUT2D eigenvalue weighted by Crippen LogP contribution is -2.34. The van der Waals surface area contributed by atoms with Crippen molar-refractivity contribution in [3.05, 3.63) is 47.5 Å². The minimum absolute atomic E-state index is 0.0632. The minimum Gasteiger partial charge on any atom is -0.478 e. The average Bonchev–Trinajstić information content (AvgIpc) is 2.94. The number of carbonyl (C=O) groups is 2. The Balaban J connectivity index is 1.75. The van der Waals surface area contributed by atoms with E-state index in [1.165, 1.54) is 0 Å². The van der Waals surface area contributed by atoms with Gasteiger partial charge in [-0.25, -0.2) is 4.79 Å². The fourth-order valence-corrected chi connectivity index (χ4v) is 2.61. The second kappa shape index (κ2) is 3.98. The minimum atomic E-state index is -0.930. The Morgan fingerprint density at radius 2 is 2.00 bits per heavy atom. The van der Waals surface area contributed by atoms with Gasteiger partial charge in [0.25, 0.3) is 0 Å². The average molecular weight is 243 g/mol. The fraction of sp³-hybridized carbons (Fsp3) is 0.286. The number of likely N-dealkylation sites (tertiary alicyclic amines) is 1. The summed E-state index contributed by atoms with van der Waals surface area (Å²) in [7, 11) is 0. The van der Waals surface area contributed by atoms with Crippen LogP contribution in [0.25, 0.3) is 0 Å². The van der Waals surface area contributed by atoms with Crippen LogP contribution in [0.4, 0.5) is 0 Å². The molecule has 92 valence electrons. The zero-order valence-electron chi connectivity index (χ0n) is 9.74. The van der Waals surface area contributed by atoms with E-state index in [1.54, 1.807) is 24.3 Å². The van der Waals surface area contributed by atoms with Crippen LogP contribution in [0.3, 0.4) is 0 Å². The smallest absolute Gasteiger partial charge is 0.335 e. The first kappa shape index (κ1) is 11.0. The number of aromatic carboxylic acids is 1. The van der Waals surface area contributed by atoms with E-state index in [0.717, 1.165) is 12.0 Å². The van der Waals surface area contributed by atoms with Gasteiger partial charge in [0.1, 0.15) is 0 Å². The topological polar surface area (TPSA) is 57.6 Å². The van der Waals surface area contributed by atoms with Crippen LogP contribution >= 0.6 is 0 Å². The van der Waals surface area contributed by atoms with Crippen molar-refractivity contribution >= 4 is 11.9 Å². The van der Waals surface area contributed by atoms with E-state index in [2.05, 4.69) is 6.08 Å². The lowest BCUT2D eigenvalue weighted by molar-refractivity contribution is -0.131. The monoisotopic (exact) mass is 243 g/mol. The molecule has 1 aromatic carbocycles. The third-order valence-electron chi connectivity index (χ3n) is 3.62. The first-order valence-corrected chi connectivity index (χ1v) is 5.96. The molecule has 1 aliphatic heterocycles. The predicted octanol–water partition coefficient (Wildman–Crippen LogP) is 1.67. The Kier molecular flexibility index (Phi) is 2.44. The number of fused-ring (bicyclic) bond motifs is 2. The maximum atomic E-state index is 11.9. The highest BCUT2D eigenvalue weighted by molar-refractivity contribution is 5.87. The highest BCUT2D eigenvalue weighted by atomic mass is 16.4. The number of benzene rings is 1. The summed E-state index contributed by atoms with van der Waals surface area (Å²) in [4.78, 5) is 24.5. The third kappa shape index (κ3) is 1.70. The van der Waals surface area contributed by atoms with Gasteiger partial charge in [0.15, 0.2) is 0 Å². The van der Waals surface area contributed by atoms with Crippen LogP contribution in [0.2, 0.25) is 0 Å². The van der Waals surface area contributed by atoms with Crippen molar-refractivity contribution in [2.24, 2.45) is 5.92 Å². The van der Waals surface area contributed by atoms with Gasteiger partial charge in [0.05, 0.1) is 17.5 Å². The van der Waals surface area contributed by atoms with Gasteiger partial charge in [-0.1, -0.05) is 24.3 Å². The maximum absolute atomic E-state index is 11.9. The van der Waals surface area contributed by atoms with Gasteiger partial charge >= 0.3 is 5.97 Å². The number of rotatable bonds is 3. The molecule has 0 radical (unpaired) electrons. The Labute approximate surface area is 105 Å². The second-order valence-corrected chi connectivity index (χ2v) is 4.76. The maximum Gasteiger partial charge on any atom is 0.335 e. The summed E-state index contributed by atoms with van der Waals surface area (Å²) in [5.74, 6) is -0.682. The zero-order chi connectivity index (χ0) is 12.7. The van der Waals surface area contributed by atoms with Crippen LogP contribution in [0.15, 0.2) is 36.4 Å². The van der Waals surface area contributed by atoms with E-state index in [1.807, 2.05) is 11.0 Å². The Bertz CT molecular complexity index is 532. The predicted molar refractivity (Wildman–Crippen MR) is 65.0 cm³/mol. The Hall–Kier alpha value is -2.10. The van der Waals surface area contributed by atoms with Crippen molar-refractivity contribution in [1.29, 1.82) is 0 Å². The number of amides is 1. The molecule has 3 rings (SSSR count).